The lowest BCUT2D eigenvalue weighted by Gasteiger charge is -2.36. The fourth-order valence-corrected chi connectivity index (χ4v) is 3.22. The van der Waals surface area contributed by atoms with Crippen molar-refractivity contribution >= 4 is 5.96 Å². The zero-order valence-electron chi connectivity index (χ0n) is 15.8. The van der Waals surface area contributed by atoms with E-state index in [1.807, 2.05) is 6.92 Å². The summed E-state index contributed by atoms with van der Waals surface area (Å²) in [5, 5.41) is 3.19. The summed E-state index contributed by atoms with van der Waals surface area (Å²) in [7, 11) is 0. The average Bonchev–Trinajstić information content (AvgIpc) is 2.64. The number of nitrogens with one attached hydrogen (secondary N) is 1. The largest absolute Gasteiger partial charge is 0.382 e. The highest BCUT2D eigenvalue weighted by atomic mass is 16.5. The second kappa shape index (κ2) is 11.1. The first-order valence-corrected chi connectivity index (χ1v) is 9.61. The van der Waals surface area contributed by atoms with E-state index in [4.69, 9.17) is 10.5 Å². The van der Waals surface area contributed by atoms with Crippen LogP contribution in [-0.2, 0) is 4.74 Å². The van der Waals surface area contributed by atoms with Crippen LogP contribution in [0.2, 0.25) is 0 Å². The van der Waals surface area contributed by atoms with Gasteiger partial charge in [-0.3, -0.25) is 9.89 Å². The maximum absolute atomic E-state index is 6.05. The third-order valence-corrected chi connectivity index (χ3v) is 4.85. The van der Waals surface area contributed by atoms with Crippen LogP contribution in [0.1, 0.15) is 44.7 Å². The summed E-state index contributed by atoms with van der Waals surface area (Å²) >= 11 is 0. The van der Waals surface area contributed by atoms with Crippen molar-refractivity contribution in [3.05, 3.63) is 35.9 Å². The first-order chi connectivity index (χ1) is 12.2. The molecule has 0 saturated carbocycles. The summed E-state index contributed by atoms with van der Waals surface area (Å²) in [6.07, 6.45) is 3.46. The van der Waals surface area contributed by atoms with Crippen LogP contribution in [0.15, 0.2) is 35.3 Å². The Morgan fingerprint density at radius 1 is 1.32 bits per heavy atom. The van der Waals surface area contributed by atoms with Crippen LogP contribution >= 0.6 is 0 Å². The summed E-state index contributed by atoms with van der Waals surface area (Å²) in [4.78, 5) is 7.17. The molecule has 1 aromatic rings. The van der Waals surface area contributed by atoms with Gasteiger partial charge in [0.05, 0.1) is 12.6 Å². The molecule has 1 aromatic carbocycles. The monoisotopic (exact) mass is 346 g/mol. The Balaban J connectivity index is 1.91. The minimum atomic E-state index is 0.303. The standard InChI is InChI=1S/C20H34N4O/c1-3-25-15-7-12-22-20(21)23-16-19(18-8-5-4-6-9-18)24-13-10-17(2)11-14-24/h4-6,8-9,17,19H,3,7,10-16H2,1-2H3,(H3,21,22,23). The van der Waals surface area contributed by atoms with Crippen molar-refractivity contribution in [2.45, 2.75) is 39.2 Å². The van der Waals surface area contributed by atoms with Gasteiger partial charge in [-0.25, -0.2) is 0 Å². The predicted octanol–water partition coefficient (Wildman–Crippen LogP) is 2.79. The number of guanidine groups is 1. The van der Waals surface area contributed by atoms with Crippen molar-refractivity contribution in [1.29, 1.82) is 0 Å². The van der Waals surface area contributed by atoms with Gasteiger partial charge in [0.25, 0.3) is 0 Å². The molecule has 2 rings (SSSR count). The van der Waals surface area contributed by atoms with E-state index in [1.165, 1.54) is 18.4 Å². The van der Waals surface area contributed by atoms with Gasteiger partial charge < -0.3 is 15.8 Å². The molecule has 0 spiro atoms. The zero-order valence-corrected chi connectivity index (χ0v) is 15.8. The Hall–Kier alpha value is -1.59. The summed E-state index contributed by atoms with van der Waals surface area (Å²) in [5.74, 6) is 1.36. The van der Waals surface area contributed by atoms with Crippen LogP contribution in [0.25, 0.3) is 0 Å². The number of benzene rings is 1. The Morgan fingerprint density at radius 3 is 2.72 bits per heavy atom. The van der Waals surface area contributed by atoms with E-state index in [-0.39, 0.29) is 0 Å². The average molecular weight is 347 g/mol. The van der Waals surface area contributed by atoms with E-state index in [0.717, 1.165) is 45.2 Å². The fourth-order valence-electron chi connectivity index (χ4n) is 3.22. The number of nitrogens with two attached hydrogens (primary N) is 1. The number of hydrogen-bond acceptors (Lipinski definition) is 3. The summed E-state index contributed by atoms with van der Waals surface area (Å²) in [6.45, 7) is 9.64. The van der Waals surface area contributed by atoms with Crippen molar-refractivity contribution in [1.82, 2.24) is 10.2 Å². The van der Waals surface area contributed by atoms with Crippen LogP contribution in [-0.4, -0.2) is 50.3 Å². The van der Waals surface area contributed by atoms with E-state index in [1.54, 1.807) is 0 Å². The van der Waals surface area contributed by atoms with E-state index in [0.29, 0.717) is 18.5 Å². The Morgan fingerprint density at radius 2 is 2.04 bits per heavy atom. The van der Waals surface area contributed by atoms with Crippen LogP contribution < -0.4 is 11.1 Å². The molecule has 0 aromatic heterocycles. The SMILES string of the molecule is CCOCCCNC(N)=NCC(c1ccccc1)N1CCC(C)CC1. The first-order valence-electron chi connectivity index (χ1n) is 9.61. The molecule has 140 valence electrons. The molecular weight excluding hydrogens is 312 g/mol. The molecule has 1 saturated heterocycles. The Bertz CT molecular complexity index is 498. The third-order valence-electron chi connectivity index (χ3n) is 4.85. The van der Waals surface area contributed by atoms with Crippen molar-refractivity contribution in [3.63, 3.8) is 0 Å². The lowest BCUT2D eigenvalue weighted by molar-refractivity contribution is 0.141. The zero-order chi connectivity index (χ0) is 17.9. The number of piperidine rings is 1. The summed E-state index contributed by atoms with van der Waals surface area (Å²) < 4.78 is 5.33. The van der Waals surface area contributed by atoms with E-state index in [2.05, 4.69) is 52.5 Å². The molecule has 3 N–H and O–H groups in total. The van der Waals surface area contributed by atoms with E-state index >= 15 is 0 Å². The number of ether oxygens (including phenoxy) is 1. The van der Waals surface area contributed by atoms with Gasteiger partial charge in [-0.05, 0) is 50.8 Å². The van der Waals surface area contributed by atoms with Gasteiger partial charge in [0.2, 0.25) is 0 Å². The molecule has 1 heterocycles. The van der Waals surface area contributed by atoms with Crippen molar-refractivity contribution in [3.8, 4) is 0 Å². The lowest BCUT2D eigenvalue weighted by Crippen LogP contribution is -2.39. The topological polar surface area (TPSA) is 62.9 Å². The van der Waals surface area contributed by atoms with Crippen LogP contribution in [0.3, 0.4) is 0 Å². The van der Waals surface area contributed by atoms with Crippen LogP contribution in [0.5, 0.6) is 0 Å². The predicted molar refractivity (Wildman–Crippen MR) is 105 cm³/mol. The van der Waals surface area contributed by atoms with Gasteiger partial charge in [0.15, 0.2) is 5.96 Å². The number of aliphatic imine (C=N–C) groups is 1. The summed E-state index contributed by atoms with van der Waals surface area (Å²) in [5.41, 5.74) is 7.37. The molecular formula is C20H34N4O. The summed E-state index contributed by atoms with van der Waals surface area (Å²) in [6, 6.07) is 11.0. The molecule has 1 fully saturated rings. The molecule has 0 amide bonds. The Labute approximate surface area is 152 Å². The molecule has 0 bridgehead atoms. The highest BCUT2D eigenvalue weighted by molar-refractivity contribution is 5.77. The number of likely N-dealkylation sites (tertiary alicyclic amines) is 1. The molecule has 1 aliphatic rings. The quantitative estimate of drug-likeness (QED) is 0.410. The van der Waals surface area contributed by atoms with Crippen molar-refractivity contribution < 1.29 is 4.74 Å². The molecule has 1 atom stereocenters. The highest BCUT2D eigenvalue weighted by Crippen LogP contribution is 2.26. The highest BCUT2D eigenvalue weighted by Gasteiger charge is 2.24. The minimum Gasteiger partial charge on any atom is -0.382 e. The van der Waals surface area contributed by atoms with Crippen LogP contribution in [0.4, 0.5) is 0 Å². The van der Waals surface area contributed by atoms with Crippen molar-refractivity contribution in [2.24, 2.45) is 16.6 Å². The smallest absolute Gasteiger partial charge is 0.188 e. The first kappa shape index (κ1) is 19.7. The minimum absolute atomic E-state index is 0.303. The molecule has 1 aliphatic heterocycles. The van der Waals surface area contributed by atoms with E-state index < -0.39 is 0 Å². The van der Waals surface area contributed by atoms with Crippen molar-refractivity contribution in [2.75, 3.05) is 39.4 Å². The normalized spacial score (nSPS) is 18.2. The molecule has 1 unspecified atom stereocenters. The molecule has 5 nitrogen and oxygen atoms in total. The van der Waals surface area contributed by atoms with Gasteiger partial charge in [0.1, 0.15) is 0 Å². The van der Waals surface area contributed by atoms with Gasteiger partial charge in [-0.1, -0.05) is 37.3 Å². The number of nitrogens with zero attached hydrogens (tertiary/aromatic N) is 2. The van der Waals surface area contributed by atoms with Gasteiger partial charge in [-0.2, -0.15) is 0 Å². The number of hydrogen-bond donors (Lipinski definition) is 2. The van der Waals surface area contributed by atoms with Gasteiger partial charge in [-0.15, -0.1) is 0 Å². The van der Waals surface area contributed by atoms with Gasteiger partial charge >= 0.3 is 0 Å². The van der Waals surface area contributed by atoms with Gasteiger partial charge in [0, 0.05) is 19.8 Å². The second-order valence-corrected chi connectivity index (χ2v) is 6.85. The Kier molecular flexibility index (Phi) is 8.77. The molecule has 0 aliphatic carbocycles. The van der Waals surface area contributed by atoms with E-state index in [9.17, 15) is 0 Å². The molecule has 25 heavy (non-hydrogen) atoms. The third kappa shape index (κ3) is 7.04. The molecule has 0 radical (unpaired) electrons. The second-order valence-electron chi connectivity index (χ2n) is 6.85. The number of rotatable bonds is 9. The maximum atomic E-state index is 6.05. The fraction of sp³-hybridized carbons (Fsp3) is 0.650. The molecule has 5 heteroatoms. The maximum Gasteiger partial charge on any atom is 0.188 e. The van der Waals surface area contributed by atoms with Crippen LogP contribution in [0, 0.1) is 5.92 Å². The lowest BCUT2D eigenvalue weighted by atomic mass is 9.96.